The summed E-state index contributed by atoms with van der Waals surface area (Å²) in [5.74, 6) is -0.104. The molecule has 1 aromatic rings. The zero-order valence-electron chi connectivity index (χ0n) is 6.30. The first-order chi connectivity index (χ1) is 5.29. The highest BCUT2D eigenvalue weighted by Gasteiger charge is 2.03. The van der Waals surface area contributed by atoms with Gasteiger partial charge in [0.1, 0.15) is 0 Å². The van der Waals surface area contributed by atoms with Gasteiger partial charge < -0.3 is 4.74 Å². The molecule has 0 bridgehead atoms. The number of ether oxygens (including phenoxy) is 1. The van der Waals surface area contributed by atoms with Crippen LogP contribution >= 0.6 is 0 Å². The molecule has 0 heterocycles. The zero-order chi connectivity index (χ0) is 8.27. The molecule has 0 N–H and O–H groups in total. The van der Waals surface area contributed by atoms with Gasteiger partial charge in [-0.25, -0.2) is 4.39 Å². The first-order valence-corrected chi connectivity index (χ1v) is 3.24. The summed E-state index contributed by atoms with van der Waals surface area (Å²) in [6.07, 6.45) is 1.46. The lowest BCUT2D eigenvalue weighted by Gasteiger charge is -2.02. The van der Waals surface area contributed by atoms with Crippen LogP contribution < -0.4 is 4.74 Å². The van der Waals surface area contributed by atoms with Crippen LogP contribution in [0.4, 0.5) is 4.39 Å². The van der Waals surface area contributed by atoms with Crippen LogP contribution in [0.1, 0.15) is 5.56 Å². The first kappa shape index (κ1) is 7.79. The van der Waals surface area contributed by atoms with Gasteiger partial charge in [0.25, 0.3) is 0 Å². The van der Waals surface area contributed by atoms with Crippen molar-refractivity contribution in [3.05, 3.63) is 36.2 Å². The molecule has 0 aliphatic carbocycles. The second-order valence-corrected chi connectivity index (χ2v) is 2.07. The lowest BCUT2D eigenvalue weighted by atomic mass is 10.2. The molecular weight excluding hydrogens is 143 g/mol. The highest BCUT2D eigenvalue weighted by molar-refractivity contribution is 5.50. The summed E-state index contributed by atoms with van der Waals surface area (Å²) < 4.78 is 17.8. The predicted molar refractivity (Wildman–Crippen MR) is 43.0 cm³/mol. The lowest BCUT2D eigenvalue weighted by molar-refractivity contribution is 0.386. The molecule has 0 fully saturated rings. The van der Waals surface area contributed by atoms with Gasteiger partial charge in [0.2, 0.25) is 0 Å². The largest absolute Gasteiger partial charge is 0.494 e. The van der Waals surface area contributed by atoms with Crippen molar-refractivity contribution in [2.24, 2.45) is 0 Å². The maximum absolute atomic E-state index is 13.1. The van der Waals surface area contributed by atoms with Gasteiger partial charge >= 0.3 is 0 Å². The Morgan fingerprint density at radius 1 is 1.55 bits per heavy atom. The van der Waals surface area contributed by atoms with E-state index in [1.807, 2.05) is 0 Å². The van der Waals surface area contributed by atoms with Crippen LogP contribution in [-0.4, -0.2) is 7.11 Å². The lowest BCUT2D eigenvalue weighted by Crippen LogP contribution is -1.89. The standard InChI is InChI=1S/C9H9FO/c1-3-7-5-4-6-8(11-2)9(7)10/h3-6H,1H2,2H3. The Hall–Kier alpha value is -1.31. The topological polar surface area (TPSA) is 9.23 Å². The van der Waals surface area contributed by atoms with Crippen LogP contribution in [0.2, 0.25) is 0 Å². The van der Waals surface area contributed by atoms with Gasteiger partial charge in [-0.2, -0.15) is 0 Å². The van der Waals surface area contributed by atoms with Crippen LogP contribution in [0, 0.1) is 5.82 Å². The van der Waals surface area contributed by atoms with E-state index in [1.165, 1.54) is 13.2 Å². The smallest absolute Gasteiger partial charge is 0.172 e. The molecule has 1 rings (SSSR count). The van der Waals surface area contributed by atoms with E-state index in [4.69, 9.17) is 4.74 Å². The fraction of sp³-hybridized carbons (Fsp3) is 0.111. The van der Waals surface area contributed by atoms with Crippen molar-refractivity contribution in [2.75, 3.05) is 7.11 Å². The Morgan fingerprint density at radius 3 is 2.82 bits per heavy atom. The van der Waals surface area contributed by atoms with Gasteiger partial charge in [0.05, 0.1) is 7.11 Å². The maximum Gasteiger partial charge on any atom is 0.172 e. The molecule has 0 aromatic heterocycles. The van der Waals surface area contributed by atoms with Gasteiger partial charge in [-0.1, -0.05) is 24.8 Å². The van der Waals surface area contributed by atoms with Crippen molar-refractivity contribution in [1.82, 2.24) is 0 Å². The van der Waals surface area contributed by atoms with Crippen LogP contribution in [0.5, 0.6) is 5.75 Å². The summed E-state index contributed by atoms with van der Waals surface area (Å²) in [5, 5.41) is 0. The van der Waals surface area contributed by atoms with Crippen LogP contribution in [0.15, 0.2) is 24.8 Å². The maximum atomic E-state index is 13.1. The Bertz CT molecular complexity index is 268. The van der Waals surface area contributed by atoms with E-state index in [0.717, 1.165) is 0 Å². The quantitative estimate of drug-likeness (QED) is 0.632. The summed E-state index contributed by atoms with van der Waals surface area (Å²) in [5.41, 5.74) is 0.462. The molecule has 2 heteroatoms. The number of hydrogen-bond acceptors (Lipinski definition) is 1. The van der Waals surface area contributed by atoms with Gasteiger partial charge in [0, 0.05) is 5.56 Å². The van der Waals surface area contributed by atoms with E-state index in [1.54, 1.807) is 18.2 Å². The molecule has 58 valence electrons. The Balaban J connectivity index is 3.20. The Morgan fingerprint density at radius 2 is 2.27 bits per heavy atom. The molecule has 0 aliphatic rings. The van der Waals surface area contributed by atoms with E-state index in [0.29, 0.717) is 5.56 Å². The summed E-state index contributed by atoms with van der Waals surface area (Å²) in [4.78, 5) is 0. The molecule has 11 heavy (non-hydrogen) atoms. The third-order valence-electron chi connectivity index (χ3n) is 1.43. The molecule has 0 saturated heterocycles. The van der Waals surface area contributed by atoms with Crippen molar-refractivity contribution in [3.8, 4) is 5.75 Å². The Kier molecular flexibility index (Phi) is 2.26. The summed E-state index contributed by atoms with van der Waals surface area (Å²) in [6.45, 7) is 3.47. The van der Waals surface area contributed by atoms with Crippen LogP contribution in [0.25, 0.3) is 6.08 Å². The summed E-state index contributed by atoms with van der Waals surface area (Å²) >= 11 is 0. The van der Waals surface area contributed by atoms with Gasteiger partial charge in [-0.05, 0) is 6.07 Å². The van der Waals surface area contributed by atoms with Crippen molar-refractivity contribution >= 4 is 6.08 Å². The number of benzene rings is 1. The minimum Gasteiger partial charge on any atom is -0.494 e. The second kappa shape index (κ2) is 3.19. The van der Waals surface area contributed by atoms with E-state index >= 15 is 0 Å². The molecule has 0 saturated carbocycles. The first-order valence-electron chi connectivity index (χ1n) is 3.24. The van der Waals surface area contributed by atoms with E-state index < -0.39 is 0 Å². The molecule has 0 radical (unpaired) electrons. The molecule has 0 amide bonds. The zero-order valence-corrected chi connectivity index (χ0v) is 6.30. The second-order valence-electron chi connectivity index (χ2n) is 2.07. The number of rotatable bonds is 2. The normalized spacial score (nSPS) is 9.27. The highest BCUT2D eigenvalue weighted by Crippen LogP contribution is 2.20. The SMILES string of the molecule is C=Cc1cccc(OC)c1F. The molecule has 1 nitrogen and oxygen atoms in total. The summed E-state index contributed by atoms with van der Waals surface area (Å²) in [7, 11) is 1.44. The van der Waals surface area contributed by atoms with Gasteiger partial charge in [-0.15, -0.1) is 0 Å². The van der Waals surface area contributed by atoms with Crippen molar-refractivity contribution in [1.29, 1.82) is 0 Å². The Labute approximate surface area is 65.1 Å². The van der Waals surface area contributed by atoms with E-state index in [-0.39, 0.29) is 11.6 Å². The number of halogens is 1. The fourth-order valence-electron chi connectivity index (χ4n) is 0.843. The third-order valence-corrected chi connectivity index (χ3v) is 1.43. The number of hydrogen-bond donors (Lipinski definition) is 0. The molecule has 0 atom stereocenters. The van der Waals surface area contributed by atoms with Gasteiger partial charge in [-0.3, -0.25) is 0 Å². The van der Waals surface area contributed by atoms with E-state index in [2.05, 4.69) is 6.58 Å². The highest BCUT2D eigenvalue weighted by atomic mass is 19.1. The molecule has 0 aliphatic heterocycles. The van der Waals surface area contributed by atoms with Crippen LogP contribution in [-0.2, 0) is 0 Å². The monoisotopic (exact) mass is 152 g/mol. The third kappa shape index (κ3) is 1.40. The van der Waals surface area contributed by atoms with E-state index in [9.17, 15) is 4.39 Å². The minimum atomic E-state index is -0.356. The van der Waals surface area contributed by atoms with Crippen molar-refractivity contribution in [2.45, 2.75) is 0 Å². The average Bonchev–Trinajstić information content (AvgIpc) is 2.05. The minimum absolute atomic E-state index is 0.252. The molecular formula is C9H9FO. The summed E-state index contributed by atoms with van der Waals surface area (Å²) in [6, 6.07) is 4.94. The van der Waals surface area contributed by atoms with Crippen molar-refractivity contribution in [3.63, 3.8) is 0 Å². The number of methoxy groups -OCH3 is 1. The molecule has 1 aromatic carbocycles. The van der Waals surface area contributed by atoms with Gasteiger partial charge in [0.15, 0.2) is 11.6 Å². The predicted octanol–water partition coefficient (Wildman–Crippen LogP) is 2.48. The molecule has 0 unspecified atom stereocenters. The average molecular weight is 152 g/mol. The fourth-order valence-corrected chi connectivity index (χ4v) is 0.843. The van der Waals surface area contributed by atoms with Crippen LogP contribution in [0.3, 0.4) is 0 Å². The van der Waals surface area contributed by atoms with Crippen molar-refractivity contribution < 1.29 is 9.13 Å². The molecule has 0 spiro atoms.